The molecule has 284 valence electrons. The number of furan rings is 1. The molecule has 61 heavy (non-hydrogen) atoms. The second-order valence-electron chi connectivity index (χ2n) is 16.0. The Morgan fingerprint density at radius 1 is 0.361 bits per heavy atom. The smallest absolute Gasteiger partial charge is 0.139 e. The molecule has 0 radical (unpaired) electrons. The Balaban J connectivity index is 1.22. The van der Waals surface area contributed by atoms with Gasteiger partial charge in [-0.2, -0.15) is 0 Å². The molecule has 0 aliphatic heterocycles. The molecule has 0 spiro atoms. The second kappa shape index (κ2) is 13.2. The zero-order valence-corrected chi connectivity index (χ0v) is 33.1. The van der Waals surface area contributed by atoms with E-state index in [1.165, 1.54) is 59.6 Å². The van der Waals surface area contributed by atoms with Crippen molar-refractivity contribution in [2.24, 2.45) is 0 Å². The molecular weight excluding hydrogens is 741 g/mol. The second-order valence-corrected chi connectivity index (χ2v) is 16.0. The van der Waals surface area contributed by atoms with Gasteiger partial charge in [0, 0.05) is 44.9 Å². The van der Waals surface area contributed by atoms with E-state index in [2.05, 4.69) is 228 Å². The molecule has 2 heterocycles. The quantitative estimate of drug-likeness (QED) is 0.162. The van der Waals surface area contributed by atoms with Crippen molar-refractivity contribution < 1.29 is 4.42 Å². The van der Waals surface area contributed by atoms with E-state index in [4.69, 9.17) is 4.42 Å². The summed E-state index contributed by atoms with van der Waals surface area (Å²) in [6, 6.07) is 79.3. The van der Waals surface area contributed by atoms with Crippen LogP contribution in [0.15, 0.2) is 223 Å². The van der Waals surface area contributed by atoms with Crippen molar-refractivity contribution in [2.75, 3.05) is 4.90 Å². The summed E-state index contributed by atoms with van der Waals surface area (Å²) < 4.78 is 9.36. The van der Waals surface area contributed by atoms with Crippen molar-refractivity contribution in [2.45, 2.75) is 0 Å². The van der Waals surface area contributed by atoms with Crippen LogP contribution in [-0.4, -0.2) is 4.57 Å². The van der Waals surface area contributed by atoms with Crippen molar-refractivity contribution in [3.05, 3.63) is 218 Å². The molecular formula is C58H36N2O. The maximum Gasteiger partial charge on any atom is 0.139 e. The molecule has 3 nitrogen and oxygen atoms in total. The van der Waals surface area contributed by atoms with Gasteiger partial charge in [-0.3, -0.25) is 0 Å². The zero-order valence-electron chi connectivity index (χ0n) is 33.1. The SMILES string of the molecule is c1ccc(N(c2ccc3c4ccccc4c4ccccc4c3c2)c2c3c(cc4c2c2cccc(-c5ccc6ccccc6c5)c2n4-c2ccccc2)oc2ccccc23)cc1. The molecule has 0 bridgehead atoms. The number of aromatic nitrogens is 1. The van der Waals surface area contributed by atoms with Crippen LogP contribution in [0.2, 0.25) is 0 Å². The van der Waals surface area contributed by atoms with Gasteiger partial charge < -0.3 is 13.9 Å². The lowest BCUT2D eigenvalue weighted by Crippen LogP contribution is -2.11. The summed E-state index contributed by atoms with van der Waals surface area (Å²) in [7, 11) is 0. The third kappa shape index (κ3) is 5.04. The number of hydrogen-bond donors (Lipinski definition) is 0. The number of rotatable bonds is 5. The fourth-order valence-electron chi connectivity index (χ4n) is 10.1. The van der Waals surface area contributed by atoms with Crippen molar-refractivity contribution >= 4 is 104 Å². The van der Waals surface area contributed by atoms with E-state index < -0.39 is 0 Å². The van der Waals surface area contributed by atoms with Gasteiger partial charge in [0.25, 0.3) is 0 Å². The summed E-state index contributed by atoms with van der Waals surface area (Å²) in [4.78, 5) is 2.48. The number of para-hydroxylation sites is 4. The maximum absolute atomic E-state index is 6.91. The van der Waals surface area contributed by atoms with E-state index in [0.29, 0.717) is 0 Å². The number of fused-ring (bicyclic) bond motifs is 13. The van der Waals surface area contributed by atoms with Gasteiger partial charge in [0.1, 0.15) is 11.2 Å². The van der Waals surface area contributed by atoms with Crippen LogP contribution < -0.4 is 4.90 Å². The highest BCUT2D eigenvalue weighted by Crippen LogP contribution is 2.52. The summed E-state index contributed by atoms with van der Waals surface area (Å²) in [5.74, 6) is 0. The molecule has 11 aromatic carbocycles. The average Bonchev–Trinajstić information content (AvgIpc) is 3.87. The highest BCUT2D eigenvalue weighted by molar-refractivity contribution is 6.30. The van der Waals surface area contributed by atoms with Gasteiger partial charge in [0.15, 0.2) is 0 Å². The van der Waals surface area contributed by atoms with Crippen LogP contribution >= 0.6 is 0 Å². The summed E-state index contributed by atoms with van der Waals surface area (Å²) in [5.41, 5.74) is 10.6. The Morgan fingerprint density at radius 3 is 1.72 bits per heavy atom. The van der Waals surface area contributed by atoms with Gasteiger partial charge in [-0.05, 0) is 97.2 Å². The lowest BCUT2D eigenvalue weighted by Gasteiger charge is -2.28. The molecule has 3 heteroatoms. The van der Waals surface area contributed by atoms with Crippen molar-refractivity contribution in [1.82, 2.24) is 4.57 Å². The van der Waals surface area contributed by atoms with Gasteiger partial charge in [0.2, 0.25) is 0 Å². The molecule has 0 atom stereocenters. The van der Waals surface area contributed by atoms with Crippen LogP contribution in [0.1, 0.15) is 0 Å². The summed E-state index contributed by atoms with van der Waals surface area (Å²) in [6.45, 7) is 0. The standard InChI is InChI=1S/C58H36N2O/c1-3-18-40(19-4-1)59(42-32-33-48-46-24-10-9-22-44(46)45-23-11-12-25-47(45)51(48)35-42)58-55-50-28-15-27-43(39-31-30-37-16-7-8-17-38(37)34-39)57(50)60(41-20-5-2-6-21-41)52(55)36-54-56(58)49-26-13-14-29-53(49)61-54/h1-36H. The fourth-order valence-corrected chi connectivity index (χ4v) is 10.1. The lowest BCUT2D eigenvalue weighted by atomic mass is 9.93. The van der Waals surface area contributed by atoms with Crippen molar-refractivity contribution in [3.63, 3.8) is 0 Å². The minimum absolute atomic E-state index is 0.842. The molecule has 0 saturated carbocycles. The molecule has 13 rings (SSSR count). The predicted molar refractivity (Wildman–Crippen MR) is 258 cm³/mol. The zero-order chi connectivity index (χ0) is 40.0. The minimum Gasteiger partial charge on any atom is -0.456 e. The topological polar surface area (TPSA) is 21.3 Å². The first-order chi connectivity index (χ1) is 30.3. The fraction of sp³-hybridized carbons (Fsp3) is 0. The van der Waals surface area contributed by atoms with E-state index in [1.807, 2.05) is 0 Å². The summed E-state index contributed by atoms with van der Waals surface area (Å²) >= 11 is 0. The Labute approximate surface area is 351 Å². The van der Waals surface area contributed by atoms with Crippen molar-refractivity contribution in [3.8, 4) is 16.8 Å². The molecule has 0 N–H and O–H groups in total. The average molecular weight is 777 g/mol. The van der Waals surface area contributed by atoms with Crippen LogP contribution in [0.25, 0.3) is 104 Å². The number of anilines is 3. The predicted octanol–water partition coefficient (Wildman–Crippen LogP) is 16.4. The van der Waals surface area contributed by atoms with Gasteiger partial charge in [0.05, 0.1) is 22.1 Å². The first kappa shape index (κ1) is 33.8. The summed E-state index contributed by atoms with van der Waals surface area (Å²) in [6.07, 6.45) is 0. The molecule has 0 fully saturated rings. The molecule has 2 aromatic heterocycles. The third-order valence-corrected chi connectivity index (χ3v) is 12.7. The van der Waals surface area contributed by atoms with Crippen molar-refractivity contribution in [1.29, 1.82) is 0 Å². The number of hydrogen-bond acceptors (Lipinski definition) is 2. The van der Waals surface area contributed by atoms with Crippen LogP contribution in [0, 0.1) is 0 Å². The first-order valence-electron chi connectivity index (χ1n) is 20.9. The molecule has 0 unspecified atom stereocenters. The first-order valence-corrected chi connectivity index (χ1v) is 20.9. The maximum atomic E-state index is 6.91. The molecule has 0 amide bonds. The Bertz CT molecular complexity index is 3840. The highest BCUT2D eigenvalue weighted by atomic mass is 16.3. The van der Waals surface area contributed by atoms with Crippen LogP contribution in [0.5, 0.6) is 0 Å². The minimum atomic E-state index is 0.842. The van der Waals surface area contributed by atoms with E-state index in [9.17, 15) is 0 Å². The Hall–Kier alpha value is -8.14. The van der Waals surface area contributed by atoms with E-state index in [0.717, 1.165) is 61.1 Å². The molecule has 0 aliphatic carbocycles. The van der Waals surface area contributed by atoms with Gasteiger partial charge in [-0.1, -0.05) is 164 Å². The van der Waals surface area contributed by atoms with E-state index in [-0.39, 0.29) is 0 Å². The number of benzene rings is 11. The third-order valence-electron chi connectivity index (χ3n) is 12.7. The monoisotopic (exact) mass is 776 g/mol. The van der Waals surface area contributed by atoms with E-state index >= 15 is 0 Å². The number of nitrogens with zero attached hydrogens (tertiary/aromatic N) is 2. The Morgan fingerprint density at radius 2 is 0.967 bits per heavy atom. The van der Waals surface area contributed by atoms with E-state index in [1.54, 1.807) is 0 Å². The largest absolute Gasteiger partial charge is 0.456 e. The highest BCUT2D eigenvalue weighted by Gasteiger charge is 2.28. The van der Waals surface area contributed by atoms with Gasteiger partial charge in [-0.15, -0.1) is 0 Å². The van der Waals surface area contributed by atoms with Gasteiger partial charge >= 0.3 is 0 Å². The normalized spacial score (nSPS) is 11.9. The Kier molecular flexibility index (Phi) is 7.31. The van der Waals surface area contributed by atoms with Gasteiger partial charge in [-0.25, -0.2) is 0 Å². The molecule has 13 aromatic rings. The lowest BCUT2D eigenvalue weighted by molar-refractivity contribution is 0.669. The molecule has 0 aliphatic rings. The summed E-state index contributed by atoms with van der Waals surface area (Å²) in [5, 5.41) is 14.4. The van der Waals surface area contributed by atoms with Crippen LogP contribution in [0.3, 0.4) is 0 Å². The van der Waals surface area contributed by atoms with Crippen LogP contribution in [0.4, 0.5) is 17.1 Å². The molecule has 0 saturated heterocycles. The van der Waals surface area contributed by atoms with Crippen LogP contribution in [-0.2, 0) is 0 Å².